The third-order valence-electron chi connectivity index (χ3n) is 21.5. The van der Waals surface area contributed by atoms with Gasteiger partial charge in [-0.25, -0.2) is 87.4 Å². The van der Waals surface area contributed by atoms with Crippen molar-refractivity contribution < 1.29 is 145 Å². The van der Waals surface area contributed by atoms with Crippen molar-refractivity contribution in [3.63, 3.8) is 0 Å². The summed E-state index contributed by atoms with van der Waals surface area (Å²) in [6, 6.07) is 36.0. The lowest BCUT2D eigenvalue weighted by atomic mass is 9.74. The topological polar surface area (TPSA) is 371 Å². The molecule has 0 heterocycles. The predicted octanol–water partition coefficient (Wildman–Crippen LogP) is 14.2. The highest BCUT2D eigenvalue weighted by atomic mass is 28.3. The van der Waals surface area contributed by atoms with Gasteiger partial charge in [-0.1, -0.05) is 212 Å². The molecule has 4 atom stereocenters. The number of hydrogen-bond donors (Lipinski definition) is 0. The summed E-state index contributed by atoms with van der Waals surface area (Å²) in [5, 5.41) is 4.77. The molecule has 0 bridgehead atoms. The standard InChI is InChI=1S/C90H98O30Si6/c1-19-121(13,20-2)71-43-31-63(32-44-71)79(91)109-115-85(97)103-57-55-69(59-105-87(99)117-111-81(93)65-35-47-73(48-36-65)123(15,23-5)24-6)77(61-107-89(101)119-113-83(95)67-39-51-75(52-40-67)125(17,27-9)28-10)78(62-108-90(102)120-114-84(96)68-41-53-76(54-42-68)126(18,29-11)30-12)70(60-106-88(100)118-112-82(94)66-37-49-74(50-38-66)124(16,25-7)26-8)56-58-104-86(98)116-110-80(92)64-33-45-72(46-34-64)122(14,21-3)22-4/h19-54,69-70,77-78H,1-12,55-62H2,13-18H3. The van der Waals surface area contributed by atoms with E-state index in [0.29, 0.717) is 0 Å². The van der Waals surface area contributed by atoms with E-state index >= 15 is 0 Å². The fourth-order valence-electron chi connectivity index (χ4n) is 11.9. The molecule has 0 aliphatic carbocycles. The average Bonchev–Trinajstić information content (AvgIpc) is 0.851. The molecule has 6 rings (SSSR count). The van der Waals surface area contributed by atoms with Gasteiger partial charge in [-0.05, 0) is 85.6 Å². The van der Waals surface area contributed by atoms with Crippen molar-refractivity contribution in [3.05, 3.63) is 326 Å². The van der Waals surface area contributed by atoms with Crippen molar-refractivity contribution in [2.24, 2.45) is 23.7 Å². The maximum atomic E-state index is 14.1. The lowest BCUT2D eigenvalue weighted by Gasteiger charge is -2.36. The molecule has 0 aliphatic rings. The highest BCUT2D eigenvalue weighted by Crippen LogP contribution is 2.35. The van der Waals surface area contributed by atoms with Gasteiger partial charge in [0.05, 0.1) is 73.0 Å². The third kappa shape index (κ3) is 28.0. The summed E-state index contributed by atoms with van der Waals surface area (Å²) in [5.41, 5.74) is 20.4. The summed E-state index contributed by atoms with van der Waals surface area (Å²) in [5.74, 6) is -14.0. The third-order valence-corrected chi connectivity index (χ3v) is 41.1. The summed E-state index contributed by atoms with van der Waals surface area (Å²) in [6.45, 7) is 52.4. The van der Waals surface area contributed by atoms with Crippen LogP contribution in [0.1, 0.15) is 75.0 Å². The van der Waals surface area contributed by atoms with Gasteiger partial charge in [0.15, 0.2) is 0 Å². The van der Waals surface area contributed by atoms with Crippen LogP contribution in [0.25, 0.3) is 0 Å². The smallest absolute Gasteiger partial charge is 0.432 e. The zero-order valence-corrected chi connectivity index (χ0v) is 76.5. The second-order valence-electron chi connectivity index (χ2n) is 29.2. The van der Waals surface area contributed by atoms with E-state index in [9.17, 15) is 57.5 Å². The van der Waals surface area contributed by atoms with Crippen LogP contribution in [0.4, 0.5) is 28.8 Å². The predicted molar refractivity (Wildman–Crippen MR) is 479 cm³/mol. The molecule has 0 saturated carbocycles. The van der Waals surface area contributed by atoms with Crippen LogP contribution >= 0.6 is 0 Å². The molecule has 0 amide bonds. The van der Waals surface area contributed by atoms with E-state index in [1.54, 1.807) is 141 Å². The Morgan fingerprint density at radius 2 is 0.365 bits per heavy atom. The van der Waals surface area contributed by atoms with Gasteiger partial charge in [-0.2, -0.15) is 28.8 Å². The second kappa shape index (κ2) is 47.5. The summed E-state index contributed by atoms with van der Waals surface area (Å²) < 4.78 is 33.2. The molecule has 0 radical (unpaired) electrons. The Morgan fingerprint density at radius 1 is 0.222 bits per heavy atom. The van der Waals surface area contributed by atoms with Crippen LogP contribution in [0.15, 0.2) is 293 Å². The van der Waals surface area contributed by atoms with Crippen molar-refractivity contribution in [2.45, 2.75) is 52.1 Å². The highest BCUT2D eigenvalue weighted by Gasteiger charge is 2.41. The van der Waals surface area contributed by atoms with E-state index in [-0.39, 0.29) is 33.4 Å². The summed E-state index contributed by atoms with van der Waals surface area (Å²) in [6.07, 6.45) is -11.8. The Kier molecular flexibility index (Phi) is 38.0. The quantitative estimate of drug-likeness (QED) is 0.0113. The fourth-order valence-corrected chi connectivity index (χ4v) is 21.0. The number of rotatable bonds is 41. The zero-order valence-electron chi connectivity index (χ0n) is 70.5. The van der Waals surface area contributed by atoms with Gasteiger partial charge in [0.2, 0.25) is 0 Å². The summed E-state index contributed by atoms with van der Waals surface area (Å²) >= 11 is 0. The molecule has 0 saturated heterocycles. The molecule has 0 spiro atoms. The second-order valence-corrected chi connectivity index (χ2v) is 53.0. The number of carbonyl (C=O) groups excluding carboxylic acids is 12. The van der Waals surface area contributed by atoms with E-state index in [1.807, 2.05) is 39.3 Å². The van der Waals surface area contributed by atoms with E-state index in [2.05, 4.69) is 78.9 Å². The average molecular weight is 1830 g/mol. The van der Waals surface area contributed by atoms with E-state index in [4.69, 9.17) is 87.1 Å². The van der Waals surface area contributed by atoms with Crippen LogP contribution in [-0.2, 0) is 87.1 Å². The minimum Gasteiger partial charge on any atom is -0.432 e. The van der Waals surface area contributed by atoms with Crippen LogP contribution < -0.4 is 31.1 Å². The SMILES string of the molecule is C=C[Si](C)(C=C)c1ccc(C(=O)OOC(=O)OCCC(COC(=O)OOC(=O)c2ccc([Si](C)(C=C)C=C)cc2)C(COC(=O)OOC(=O)c2ccc([Si](C)(C=C)C=C)cc2)C(COC(=O)OOC(=O)c2ccc([Si](C)(C=C)C=C)cc2)C(CCOC(=O)OOC(=O)c2ccc([Si](C)(C=C)C=C)cc2)COC(=O)OOC(=O)c2ccc([Si](C)(C=C)C=C)cc2)cc1. The molecule has 0 aliphatic heterocycles. The van der Waals surface area contributed by atoms with Gasteiger partial charge in [0, 0.05) is 23.7 Å². The molecule has 36 heteroatoms. The van der Waals surface area contributed by atoms with Crippen LogP contribution in [0.3, 0.4) is 0 Å². The first-order valence-corrected chi connectivity index (χ1v) is 54.5. The Balaban J connectivity index is 1.46. The van der Waals surface area contributed by atoms with E-state index < -0.39 is 197 Å². The van der Waals surface area contributed by atoms with Crippen molar-refractivity contribution in [3.8, 4) is 0 Å². The Labute approximate surface area is 734 Å². The van der Waals surface area contributed by atoms with Crippen molar-refractivity contribution in [1.29, 1.82) is 0 Å². The van der Waals surface area contributed by atoms with Crippen molar-refractivity contribution in [1.82, 2.24) is 0 Å². The van der Waals surface area contributed by atoms with Crippen LogP contribution in [0.2, 0.25) is 39.3 Å². The fraction of sp³-hybridized carbons (Fsp3) is 0.200. The van der Waals surface area contributed by atoms with Gasteiger partial charge in [0.25, 0.3) is 0 Å². The van der Waals surface area contributed by atoms with Gasteiger partial charge in [0.1, 0.15) is 48.4 Å². The van der Waals surface area contributed by atoms with Crippen LogP contribution in [-0.4, -0.2) is 161 Å². The van der Waals surface area contributed by atoms with Crippen LogP contribution in [0.5, 0.6) is 0 Å². The Hall–Kier alpha value is -14.1. The largest absolute Gasteiger partial charge is 0.549 e. The minimum atomic E-state index is -2.42. The molecule has 4 unspecified atom stereocenters. The zero-order chi connectivity index (χ0) is 93.0. The normalized spacial score (nSPS) is 12.1. The molecular weight excluding hydrogens is 1730 g/mol. The molecule has 0 N–H and O–H groups in total. The number of carbonyl (C=O) groups is 12. The number of ether oxygens (including phenoxy) is 6. The molecule has 662 valence electrons. The monoisotopic (exact) mass is 1830 g/mol. The molecule has 126 heavy (non-hydrogen) atoms. The maximum absolute atomic E-state index is 14.1. The molecule has 6 aromatic carbocycles. The first kappa shape index (κ1) is 101. The molecule has 30 nitrogen and oxygen atoms in total. The number of hydrogen-bond acceptors (Lipinski definition) is 30. The molecule has 6 aromatic rings. The minimum absolute atomic E-state index is 0.0828. The van der Waals surface area contributed by atoms with E-state index in [0.717, 1.165) is 31.1 Å². The van der Waals surface area contributed by atoms with Gasteiger partial charge in [-0.3, -0.25) is 0 Å². The Bertz CT molecular complexity index is 4670. The molecule has 0 fully saturated rings. The lowest BCUT2D eigenvalue weighted by Crippen LogP contribution is -2.41. The summed E-state index contributed by atoms with van der Waals surface area (Å²) in [4.78, 5) is 222. The molecular formula is C90H98O30Si6. The van der Waals surface area contributed by atoms with Crippen LogP contribution in [0, 0.1) is 23.7 Å². The first-order chi connectivity index (χ1) is 60.0. The maximum Gasteiger partial charge on any atom is 0.549 e. The van der Waals surface area contributed by atoms with E-state index in [1.165, 1.54) is 72.8 Å². The van der Waals surface area contributed by atoms with Gasteiger partial charge in [-0.15, -0.1) is 78.9 Å². The molecule has 0 aromatic heterocycles. The van der Waals surface area contributed by atoms with Gasteiger partial charge >= 0.3 is 72.7 Å². The number of benzene rings is 6. The van der Waals surface area contributed by atoms with Crippen molar-refractivity contribution >= 4 is 152 Å². The Morgan fingerprint density at radius 3 is 0.516 bits per heavy atom. The lowest BCUT2D eigenvalue weighted by molar-refractivity contribution is -0.212. The first-order valence-electron chi connectivity index (χ1n) is 38.6. The highest BCUT2D eigenvalue weighted by molar-refractivity contribution is 7.01. The van der Waals surface area contributed by atoms with Gasteiger partial charge < -0.3 is 28.4 Å². The summed E-state index contributed by atoms with van der Waals surface area (Å²) in [7, 11) is -14.4. The van der Waals surface area contributed by atoms with Crippen molar-refractivity contribution in [2.75, 3.05) is 39.6 Å².